The minimum Gasteiger partial charge on any atom is -0.457 e. The summed E-state index contributed by atoms with van der Waals surface area (Å²) in [6.45, 7) is 4.17. The maximum absolute atomic E-state index is 11.6. The Morgan fingerprint density at radius 2 is 1.81 bits per heavy atom. The van der Waals surface area contributed by atoms with Crippen molar-refractivity contribution in [3.05, 3.63) is 54.6 Å². The topological polar surface area (TPSA) is 88.7 Å². The number of rotatable bonds is 7. The number of anilines is 1. The summed E-state index contributed by atoms with van der Waals surface area (Å²) in [5, 5.41) is 5.81. The molecule has 7 heteroatoms. The number of carbonyl (C=O) groups excluding carboxylic acids is 1. The molecule has 2 aromatic carbocycles. The molecule has 0 saturated heterocycles. The van der Waals surface area contributed by atoms with Gasteiger partial charge in [-0.15, -0.1) is 24.0 Å². The van der Waals surface area contributed by atoms with Crippen molar-refractivity contribution in [1.82, 2.24) is 5.32 Å². The van der Waals surface area contributed by atoms with E-state index in [2.05, 4.69) is 15.6 Å². The Morgan fingerprint density at radius 3 is 2.50 bits per heavy atom. The molecule has 4 N–H and O–H groups in total. The van der Waals surface area contributed by atoms with Crippen molar-refractivity contribution in [2.45, 2.75) is 26.3 Å². The molecule has 2 aromatic rings. The van der Waals surface area contributed by atoms with E-state index in [0.717, 1.165) is 11.4 Å². The van der Waals surface area contributed by atoms with Gasteiger partial charge in [-0.25, -0.2) is 0 Å². The van der Waals surface area contributed by atoms with Crippen LogP contribution in [0.5, 0.6) is 11.5 Å². The van der Waals surface area contributed by atoms with E-state index in [0.29, 0.717) is 18.7 Å². The van der Waals surface area contributed by atoms with Gasteiger partial charge >= 0.3 is 0 Å². The summed E-state index contributed by atoms with van der Waals surface area (Å²) in [7, 11) is 0. The summed E-state index contributed by atoms with van der Waals surface area (Å²) in [6.07, 6.45) is 0.303. The van der Waals surface area contributed by atoms with Gasteiger partial charge in [0, 0.05) is 24.2 Å². The summed E-state index contributed by atoms with van der Waals surface area (Å²) < 4.78 is 5.78. The molecule has 0 bridgehead atoms. The first-order valence-electron chi connectivity index (χ1n) is 8.22. The number of benzene rings is 2. The zero-order chi connectivity index (χ0) is 18.1. The molecule has 0 fully saturated rings. The summed E-state index contributed by atoms with van der Waals surface area (Å²) in [5.41, 5.74) is 6.63. The molecule has 0 aliphatic rings. The van der Waals surface area contributed by atoms with Gasteiger partial charge in [0.05, 0.1) is 6.54 Å². The molecule has 0 atom stereocenters. The number of guanidine groups is 1. The van der Waals surface area contributed by atoms with Crippen LogP contribution in [0.1, 0.15) is 20.3 Å². The number of ether oxygens (including phenoxy) is 1. The molecular formula is C19H25IN4O2. The van der Waals surface area contributed by atoms with Gasteiger partial charge in [-0.1, -0.05) is 24.3 Å². The number of para-hydroxylation sites is 1. The van der Waals surface area contributed by atoms with Gasteiger partial charge in [-0.2, -0.15) is 0 Å². The number of aliphatic imine (C=N–C) groups is 1. The van der Waals surface area contributed by atoms with Crippen molar-refractivity contribution >= 4 is 41.5 Å². The van der Waals surface area contributed by atoms with Crippen LogP contribution in [-0.2, 0) is 4.79 Å². The van der Waals surface area contributed by atoms with Crippen LogP contribution < -0.4 is 21.1 Å². The fraction of sp³-hybridized carbons (Fsp3) is 0.263. The zero-order valence-electron chi connectivity index (χ0n) is 14.9. The first kappa shape index (κ1) is 21.8. The third kappa shape index (κ3) is 8.19. The highest BCUT2D eigenvalue weighted by Gasteiger charge is 2.03. The van der Waals surface area contributed by atoms with Crippen LogP contribution in [0.25, 0.3) is 0 Å². The van der Waals surface area contributed by atoms with Gasteiger partial charge in [0.2, 0.25) is 5.91 Å². The number of hydrogen-bond donors (Lipinski definition) is 3. The third-order valence-electron chi connectivity index (χ3n) is 3.16. The van der Waals surface area contributed by atoms with Crippen LogP contribution in [0.3, 0.4) is 0 Å². The minimum atomic E-state index is -0.0372. The van der Waals surface area contributed by atoms with Gasteiger partial charge in [0.1, 0.15) is 11.5 Å². The van der Waals surface area contributed by atoms with Crippen LogP contribution in [0, 0.1) is 0 Å². The first-order valence-corrected chi connectivity index (χ1v) is 8.22. The van der Waals surface area contributed by atoms with E-state index in [1.165, 1.54) is 0 Å². The maximum Gasteiger partial charge on any atom is 0.222 e. The van der Waals surface area contributed by atoms with Gasteiger partial charge in [0.25, 0.3) is 0 Å². The summed E-state index contributed by atoms with van der Waals surface area (Å²) in [5.74, 6) is 1.68. The lowest BCUT2D eigenvalue weighted by Crippen LogP contribution is -2.30. The monoisotopic (exact) mass is 468 g/mol. The van der Waals surface area contributed by atoms with Crippen LogP contribution in [0.15, 0.2) is 59.6 Å². The largest absolute Gasteiger partial charge is 0.457 e. The van der Waals surface area contributed by atoms with Crippen molar-refractivity contribution in [1.29, 1.82) is 0 Å². The highest BCUT2D eigenvalue weighted by molar-refractivity contribution is 14.0. The van der Waals surface area contributed by atoms with Crippen LogP contribution >= 0.6 is 24.0 Å². The smallest absolute Gasteiger partial charge is 0.222 e. The van der Waals surface area contributed by atoms with Gasteiger partial charge in [-0.3, -0.25) is 9.79 Å². The van der Waals surface area contributed by atoms with E-state index in [4.69, 9.17) is 10.5 Å². The Kier molecular flexibility index (Phi) is 9.50. The SMILES string of the molecule is CC(C)NC(=O)CCN=C(N)Nc1cccc(Oc2ccccc2)c1.I. The molecule has 2 rings (SSSR count). The fourth-order valence-electron chi connectivity index (χ4n) is 2.12. The van der Waals surface area contributed by atoms with Crippen molar-refractivity contribution in [2.24, 2.45) is 10.7 Å². The molecule has 6 nitrogen and oxygen atoms in total. The lowest BCUT2D eigenvalue weighted by Gasteiger charge is -2.10. The second-order valence-corrected chi connectivity index (χ2v) is 5.81. The Bertz CT molecular complexity index is 720. The van der Waals surface area contributed by atoms with E-state index in [1.54, 1.807) is 0 Å². The molecule has 0 radical (unpaired) electrons. The molecule has 26 heavy (non-hydrogen) atoms. The number of nitrogens with zero attached hydrogens (tertiary/aromatic N) is 1. The number of nitrogens with one attached hydrogen (secondary N) is 2. The minimum absolute atomic E-state index is 0. The number of hydrogen-bond acceptors (Lipinski definition) is 3. The average molecular weight is 468 g/mol. The lowest BCUT2D eigenvalue weighted by molar-refractivity contribution is -0.121. The zero-order valence-corrected chi connectivity index (χ0v) is 17.3. The molecule has 0 aliphatic heterocycles. The second-order valence-electron chi connectivity index (χ2n) is 5.81. The summed E-state index contributed by atoms with van der Waals surface area (Å²) >= 11 is 0. The second kappa shape index (κ2) is 11.3. The molecular weight excluding hydrogens is 443 g/mol. The van der Waals surface area contributed by atoms with E-state index in [-0.39, 0.29) is 41.9 Å². The molecule has 1 amide bonds. The van der Waals surface area contributed by atoms with Crippen molar-refractivity contribution < 1.29 is 9.53 Å². The predicted molar refractivity (Wildman–Crippen MR) is 116 cm³/mol. The Balaban J connectivity index is 0.00000338. The van der Waals surface area contributed by atoms with Crippen molar-refractivity contribution in [3.8, 4) is 11.5 Å². The molecule has 0 aromatic heterocycles. The van der Waals surface area contributed by atoms with Crippen LogP contribution in [-0.4, -0.2) is 24.5 Å². The molecule has 0 saturated carbocycles. The number of amides is 1. The molecule has 0 spiro atoms. The molecule has 0 aliphatic carbocycles. The third-order valence-corrected chi connectivity index (χ3v) is 3.16. The number of halogens is 1. The summed E-state index contributed by atoms with van der Waals surface area (Å²) in [4.78, 5) is 15.7. The van der Waals surface area contributed by atoms with Gasteiger partial charge in [-0.05, 0) is 38.1 Å². The standard InChI is InChI=1S/C19H24N4O2.HI/c1-14(2)22-18(24)11-12-21-19(20)23-15-7-6-10-17(13-15)25-16-8-4-3-5-9-16;/h3-10,13-14H,11-12H2,1-2H3,(H,22,24)(H3,20,21,23);1H. The normalized spacial score (nSPS) is 10.8. The number of nitrogens with two attached hydrogens (primary N) is 1. The maximum atomic E-state index is 11.6. The highest BCUT2D eigenvalue weighted by Crippen LogP contribution is 2.23. The van der Waals surface area contributed by atoms with E-state index < -0.39 is 0 Å². The number of carbonyl (C=O) groups is 1. The van der Waals surface area contributed by atoms with Gasteiger partial charge < -0.3 is 21.1 Å². The van der Waals surface area contributed by atoms with E-state index in [9.17, 15) is 4.79 Å². The summed E-state index contributed by atoms with van der Waals surface area (Å²) in [6, 6.07) is 17.1. The quantitative estimate of drug-likeness (QED) is 0.328. The molecule has 0 unspecified atom stereocenters. The Hall–Kier alpha value is -2.29. The van der Waals surface area contributed by atoms with Crippen molar-refractivity contribution in [2.75, 3.05) is 11.9 Å². The van der Waals surface area contributed by atoms with E-state index in [1.807, 2.05) is 68.4 Å². The van der Waals surface area contributed by atoms with E-state index >= 15 is 0 Å². The first-order chi connectivity index (χ1) is 12.0. The molecule has 140 valence electrons. The van der Waals surface area contributed by atoms with Gasteiger partial charge in [0.15, 0.2) is 5.96 Å². The Labute approximate surface area is 171 Å². The highest BCUT2D eigenvalue weighted by atomic mass is 127. The van der Waals surface area contributed by atoms with Crippen LogP contribution in [0.4, 0.5) is 5.69 Å². The fourth-order valence-corrected chi connectivity index (χ4v) is 2.12. The molecule has 0 heterocycles. The van der Waals surface area contributed by atoms with Crippen molar-refractivity contribution in [3.63, 3.8) is 0 Å². The average Bonchev–Trinajstić information content (AvgIpc) is 2.55. The van der Waals surface area contributed by atoms with Crippen LogP contribution in [0.2, 0.25) is 0 Å². The predicted octanol–water partition coefficient (Wildman–Crippen LogP) is 3.74. The Morgan fingerprint density at radius 1 is 1.12 bits per heavy atom. The lowest BCUT2D eigenvalue weighted by atomic mass is 10.3.